The summed E-state index contributed by atoms with van der Waals surface area (Å²) in [6.07, 6.45) is 3.21. The molecule has 1 fully saturated rings. The largest absolute Gasteiger partial charge is 0.386 e. The number of aliphatic hydroxyl groups excluding tert-OH is 1. The zero-order chi connectivity index (χ0) is 16.1. The summed E-state index contributed by atoms with van der Waals surface area (Å²) >= 11 is 1.58. The second kappa shape index (κ2) is 9.37. The number of hydrogen-bond acceptors (Lipinski definition) is 4. The number of nitrogens with one attached hydrogen (secondary N) is 2. The molecule has 0 radical (unpaired) electrons. The van der Waals surface area contributed by atoms with Gasteiger partial charge in [0, 0.05) is 22.5 Å². The number of halogens is 1. The van der Waals surface area contributed by atoms with Crippen LogP contribution in [0.15, 0.2) is 30.3 Å². The van der Waals surface area contributed by atoms with Crippen molar-refractivity contribution in [3.05, 3.63) is 35.2 Å². The van der Waals surface area contributed by atoms with E-state index in [0.717, 1.165) is 42.6 Å². The first kappa shape index (κ1) is 19.2. The number of rotatable bonds is 6. The molecule has 3 N–H and O–H groups in total. The van der Waals surface area contributed by atoms with Crippen molar-refractivity contribution in [1.29, 1.82) is 0 Å². The lowest BCUT2D eigenvalue weighted by molar-refractivity contribution is -0.121. The molecule has 1 amide bonds. The van der Waals surface area contributed by atoms with Crippen LogP contribution >= 0.6 is 23.7 Å². The third kappa shape index (κ3) is 5.18. The molecule has 0 saturated carbocycles. The first-order valence-corrected chi connectivity index (χ1v) is 9.18. The maximum Gasteiger partial charge on any atom is 0.220 e. The van der Waals surface area contributed by atoms with E-state index in [1.165, 1.54) is 4.70 Å². The highest BCUT2D eigenvalue weighted by Crippen LogP contribution is 2.29. The molecule has 132 valence electrons. The van der Waals surface area contributed by atoms with E-state index in [1.54, 1.807) is 11.3 Å². The highest BCUT2D eigenvalue weighted by Gasteiger charge is 2.16. The summed E-state index contributed by atoms with van der Waals surface area (Å²) < 4.78 is 1.17. The van der Waals surface area contributed by atoms with Crippen LogP contribution in [0.4, 0.5) is 0 Å². The predicted molar refractivity (Wildman–Crippen MR) is 102 cm³/mol. The van der Waals surface area contributed by atoms with Crippen LogP contribution < -0.4 is 10.6 Å². The molecule has 2 heterocycles. The molecule has 0 aliphatic carbocycles. The van der Waals surface area contributed by atoms with Gasteiger partial charge in [-0.2, -0.15) is 0 Å². The summed E-state index contributed by atoms with van der Waals surface area (Å²) in [5, 5.41) is 17.6. The third-order valence-corrected chi connectivity index (χ3v) is 5.72. The van der Waals surface area contributed by atoms with Crippen molar-refractivity contribution in [3.63, 3.8) is 0 Å². The van der Waals surface area contributed by atoms with Crippen LogP contribution in [-0.4, -0.2) is 30.6 Å². The highest BCUT2D eigenvalue weighted by atomic mass is 35.5. The molecule has 1 aliphatic rings. The van der Waals surface area contributed by atoms with Crippen LogP contribution in [0, 0.1) is 5.92 Å². The molecule has 1 aliphatic heterocycles. The second-order valence-electron chi connectivity index (χ2n) is 6.24. The van der Waals surface area contributed by atoms with Crippen LogP contribution in [0.25, 0.3) is 10.1 Å². The molecule has 0 bridgehead atoms. The van der Waals surface area contributed by atoms with Gasteiger partial charge < -0.3 is 15.7 Å². The van der Waals surface area contributed by atoms with Gasteiger partial charge in [-0.3, -0.25) is 4.79 Å². The number of thiophene rings is 1. The van der Waals surface area contributed by atoms with Crippen LogP contribution in [-0.2, 0) is 4.79 Å². The molecule has 2 aromatic rings. The smallest absolute Gasteiger partial charge is 0.220 e. The van der Waals surface area contributed by atoms with Gasteiger partial charge in [-0.1, -0.05) is 18.2 Å². The first-order valence-electron chi connectivity index (χ1n) is 8.36. The SMILES string of the molecule is Cl.O=C(CCC1CCNCC1)NCC(O)c1cc2ccccc2s1. The van der Waals surface area contributed by atoms with Crippen molar-refractivity contribution in [2.45, 2.75) is 31.8 Å². The Labute approximate surface area is 153 Å². The lowest BCUT2D eigenvalue weighted by atomic mass is 9.93. The quantitative estimate of drug-likeness (QED) is 0.733. The second-order valence-corrected chi connectivity index (χ2v) is 7.35. The molecule has 4 nitrogen and oxygen atoms in total. The van der Waals surface area contributed by atoms with Gasteiger partial charge in [-0.15, -0.1) is 23.7 Å². The molecule has 24 heavy (non-hydrogen) atoms. The fourth-order valence-electron chi connectivity index (χ4n) is 3.07. The Morgan fingerprint density at radius 1 is 1.33 bits per heavy atom. The van der Waals surface area contributed by atoms with Crippen molar-refractivity contribution < 1.29 is 9.90 Å². The van der Waals surface area contributed by atoms with Crippen LogP contribution in [0.2, 0.25) is 0 Å². The zero-order valence-electron chi connectivity index (χ0n) is 13.7. The number of benzene rings is 1. The fourth-order valence-corrected chi connectivity index (χ4v) is 4.12. The van der Waals surface area contributed by atoms with Gasteiger partial charge in [0.2, 0.25) is 5.91 Å². The van der Waals surface area contributed by atoms with Gasteiger partial charge in [-0.25, -0.2) is 0 Å². The summed E-state index contributed by atoms with van der Waals surface area (Å²) in [6, 6.07) is 10.1. The Morgan fingerprint density at radius 3 is 2.83 bits per heavy atom. The summed E-state index contributed by atoms with van der Waals surface area (Å²) in [5.41, 5.74) is 0. The van der Waals surface area contributed by atoms with E-state index in [1.807, 2.05) is 30.3 Å². The van der Waals surface area contributed by atoms with E-state index in [0.29, 0.717) is 12.3 Å². The Bertz CT molecular complexity index is 622. The number of carbonyl (C=O) groups excluding carboxylic acids is 1. The fraction of sp³-hybridized carbons (Fsp3) is 0.500. The van der Waals surface area contributed by atoms with E-state index in [9.17, 15) is 9.90 Å². The van der Waals surface area contributed by atoms with Crippen LogP contribution in [0.1, 0.15) is 36.7 Å². The number of carbonyl (C=O) groups is 1. The minimum atomic E-state index is -0.629. The molecular weight excluding hydrogens is 344 g/mol. The average Bonchev–Trinajstić information content (AvgIpc) is 3.03. The number of fused-ring (bicyclic) bond motifs is 1. The monoisotopic (exact) mass is 368 g/mol. The molecule has 0 spiro atoms. The van der Waals surface area contributed by atoms with E-state index in [-0.39, 0.29) is 24.9 Å². The van der Waals surface area contributed by atoms with E-state index in [4.69, 9.17) is 0 Å². The Kier molecular flexibility index (Phi) is 7.49. The third-order valence-electron chi connectivity index (χ3n) is 4.50. The van der Waals surface area contributed by atoms with Gasteiger partial charge in [0.25, 0.3) is 0 Å². The number of amides is 1. The Hall–Kier alpha value is -1.14. The minimum Gasteiger partial charge on any atom is -0.386 e. The van der Waals surface area contributed by atoms with Gasteiger partial charge in [0.05, 0.1) is 0 Å². The summed E-state index contributed by atoms with van der Waals surface area (Å²) in [5.74, 6) is 0.707. The highest BCUT2D eigenvalue weighted by molar-refractivity contribution is 7.19. The van der Waals surface area contributed by atoms with E-state index >= 15 is 0 Å². The van der Waals surface area contributed by atoms with Crippen LogP contribution in [0.5, 0.6) is 0 Å². The maximum atomic E-state index is 12.0. The summed E-state index contributed by atoms with van der Waals surface area (Å²) in [6.45, 7) is 2.42. The van der Waals surface area contributed by atoms with Crippen molar-refractivity contribution in [2.75, 3.05) is 19.6 Å². The van der Waals surface area contributed by atoms with E-state index in [2.05, 4.69) is 10.6 Å². The average molecular weight is 369 g/mol. The standard InChI is InChI=1S/C18H24N2O2S.ClH/c21-15(17-11-14-3-1-2-4-16(14)23-17)12-20-18(22)6-5-13-7-9-19-10-8-13;/h1-4,11,13,15,19,21H,5-10,12H2,(H,20,22);1H. The lowest BCUT2D eigenvalue weighted by Crippen LogP contribution is -2.30. The topological polar surface area (TPSA) is 61.4 Å². The van der Waals surface area contributed by atoms with Crippen molar-refractivity contribution in [2.24, 2.45) is 5.92 Å². The molecule has 1 aromatic heterocycles. The van der Waals surface area contributed by atoms with Gasteiger partial charge in [-0.05, 0) is 55.8 Å². The summed E-state index contributed by atoms with van der Waals surface area (Å²) in [7, 11) is 0. The lowest BCUT2D eigenvalue weighted by Gasteiger charge is -2.22. The van der Waals surface area contributed by atoms with Crippen molar-refractivity contribution in [1.82, 2.24) is 10.6 Å². The zero-order valence-corrected chi connectivity index (χ0v) is 15.3. The molecule has 1 aromatic carbocycles. The van der Waals surface area contributed by atoms with E-state index < -0.39 is 6.10 Å². The molecule has 1 atom stereocenters. The maximum absolute atomic E-state index is 12.0. The molecule has 3 rings (SSSR count). The van der Waals surface area contributed by atoms with Crippen LogP contribution in [0.3, 0.4) is 0 Å². The van der Waals surface area contributed by atoms with Gasteiger partial charge in [0.15, 0.2) is 0 Å². The molecule has 6 heteroatoms. The van der Waals surface area contributed by atoms with Crippen molar-refractivity contribution >= 4 is 39.7 Å². The Morgan fingerprint density at radius 2 is 2.08 bits per heavy atom. The number of hydrogen-bond donors (Lipinski definition) is 3. The van der Waals surface area contributed by atoms with Crippen molar-refractivity contribution in [3.8, 4) is 0 Å². The van der Waals surface area contributed by atoms with Gasteiger partial charge in [0.1, 0.15) is 6.10 Å². The predicted octanol–water partition coefficient (Wildman–Crippen LogP) is 3.25. The normalized spacial score (nSPS) is 16.5. The molecule has 1 saturated heterocycles. The number of aliphatic hydroxyl groups is 1. The molecular formula is C18H25ClN2O2S. The number of piperidine rings is 1. The Balaban J connectivity index is 0.00000208. The summed E-state index contributed by atoms with van der Waals surface area (Å²) in [4.78, 5) is 12.9. The minimum absolute atomic E-state index is 0. The first-order chi connectivity index (χ1) is 11.2. The molecule has 1 unspecified atom stereocenters. The van der Waals surface area contributed by atoms with Gasteiger partial charge >= 0.3 is 0 Å².